The van der Waals surface area contributed by atoms with E-state index >= 15 is 0 Å². The molecule has 0 atom stereocenters. The molecule has 0 N–H and O–H groups in total. The number of aryl methyl sites for hydroxylation is 1. The molecule has 0 aliphatic carbocycles. The second kappa shape index (κ2) is 8.82. The van der Waals surface area contributed by atoms with Gasteiger partial charge in [-0.1, -0.05) is 29.8 Å². The van der Waals surface area contributed by atoms with E-state index in [2.05, 4.69) is 4.98 Å². The number of rotatable bonds is 6. The number of carbonyl (C=O) groups is 1. The predicted octanol–water partition coefficient (Wildman–Crippen LogP) is 5.56. The first-order chi connectivity index (χ1) is 13.3. The molecule has 0 fully saturated rings. The van der Waals surface area contributed by atoms with Crippen LogP contribution in [0.15, 0.2) is 47.8 Å². The summed E-state index contributed by atoms with van der Waals surface area (Å²) in [6, 6.07) is 12.4. The largest absolute Gasteiger partial charge is 0.296 e. The monoisotopic (exact) mass is 417 g/mol. The zero-order valence-electron chi connectivity index (χ0n) is 15.9. The van der Waals surface area contributed by atoms with Crippen LogP contribution < -0.4 is 4.90 Å². The number of nitrogens with zero attached hydrogens (tertiary/aromatic N) is 3. The summed E-state index contributed by atoms with van der Waals surface area (Å²) in [6.45, 7) is 4.39. The van der Waals surface area contributed by atoms with Gasteiger partial charge in [-0.05, 0) is 43.8 Å². The Bertz CT molecular complexity index is 971. The minimum Gasteiger partial charge on any atom is -0.296 e. The molecule has 7 heteroatoms. The van der Waals surface area contributed by atoms with Gasteiger partial charge in [-0.25, -0.2) is 9.37 Å². The summed E-state index contributed by atoms with van der Waals surface area (Å²) in [4.78, 5) is 20.4. The molecule has 146 valence electrons. The summed E-state index contributed by atoms with van der Waals surface area (Å²) in [6.07, 6.45) is 0. The Hall–Kier alpha value is -2.28. The van der Waals surface area contributed by atoms with Crippen LogP contribution in [0.3, 0.4) is 0 Å². The molecule has 0 saturated heterocycles. The van der Waals surface area contributed by atoms with Crippen molar-refractivity contribution in [2.75, 3.05) is 11.9 Å². The maximum Gasteiger partial charge on any atom is 0.230 e. The van der Waals surface area contributed by atoms with Crippen molar-refractivity contribution in [3.8, 4) is 0 Å². The number of thiazole rings is 1. The van der Waals surface area contributed by atoms with Crippen LogP contribution in [0, 0.1) is 12.7 Å². The third kappa shape index (κ3) is 4.76. The van der Waals surface area contributed by atoms with Crippen LogP contribution in [0.2, 0.25) is 5.02 Å². The SMILES string of the molecule is CC(=O)N(c1cccc(C)c1)c1nc(CN(C)Cc2c(F)cccc2Cl)cs1. The third-order valence-corrected chi connectivity index (χ3v) is 5.46. The Balaban J connectivity index is 1.76. The van der Waals surface area contributed by atoms with Gasteiger partial charge < -0.3 is 0 Å². The molecule has 28 heavy (non-hydrogen) atoms. The number of hydrogen-bond donors (Lipinski definition) is 0. The number of carbonyl (C=O) groups excluding carboxylic acids is 1. The van der Waals surface area contributed by atoms with Crippen molar-refractivity contribution in [2.24, 2.45) is 0 Å². The molecule has 0 aliphatic heterocycles. The minimum atomic E-state index is -0.319. The Labute approximate surface area is 173 Å². The molecule has 0 saturated carbocycles. The van der Waals surface area contributed by atoms with Gasteiger partial charge in [0.1, 0.15) is 5.82 Å². The van der Waals surface area contributed by atoms with Gasteiger partial charge in [0.25, 0.3) is 0 Å². The van der Waals surface area contributed by atoms with Crippen LogP contribution in [0.4, 0.5) is 15.2 Å². The lowest BCUT2D eigenvalue weighted by molar-refractivity contribution is -0.115. The summed E-state index contributed by atoms with van der Waals surface area (Å²) in [7, 11) is 1.88. The maximum absolute atomic E-state index is 14.0. The van der Waals surface area contributed by atoms with Crippen LogP contribution in [-0.2, 0) is 17.9 Å². The van der Waals surface area contributed by atoms with E-state index in [0.29, 0.717) is 28.8 Å². The molecule has 2 aromatic carbocycles. The van der Waals surface area contributed by atoms with E-state index in [1.165, 1.54) is 24.3 Å². The fourth-order valence-electron chi connectivity index (χ4n) is 2.95. The molecule has 3 rings (SSSR count). The smallest absolute Gasteiger partial charge is 0.230 e. The molecule has 0 spiro atoms. The molecule has 0 radical (unpaired) electrons. The molecular formula is C21H21ClFN3OS. The van der Waals surface area contributed by atoms with Gasteiger partial charge in [0.05, 0.1) is 11.4 Å². The number of amides is 1. The lowest BCUT2D eigenvalue weighted by atomic mass is 10.2. The zero-order valence-corrected chi connectivity index (χ0v) is 17.5. The Morgan fingerprint density at radius 1 is 1.21 bits per heavy atom. The first kappa shape index (κ1) is 20.5. The van der Waals surface area contributed by atoms with Gasteiger partial charge in [-0.3, -0.25) is 14.6 Å². The van der Waals surface area contributed by atoms with Crippen LogP contribution in [0.1, 0.15) is 23.7 Å². The number of hydrogen-bond acceptors (Lipinski definition) is 4. The third-order valence-electron chi connectivity index (χ3n) is 4.23. The molecule has 4 nitrogen and oxygen atoms in total. The van der Waals surface area contributed by atoms with Crippen molar-refractivity contribution in [1.82, 2.24) is 9.88 Å². The van der Waals surface area contributed by atoms with E-state index in [-0.39, 0.29) is 11.7 Å². The summed E-state index contributed by atoms with van der Waals surface area (Å²) < 4.78 is 14.0. The van der Waals surface area contributed by atoms with Crippen molar-refractivity contribution < 1.29 is 9.18 Å². The van der Waals surface area contributed by atoms with Crippen LogP contribution in [0.5, 0.6) is 0 Å². The first-order valence-electron chi connectivity index (χ1n) is 8.78. The van der Waals surface area contributed by atoms with Gasteiger partial charge in [-0.15, -0.1) is 11.3 Å². The predicted molar refractivity (Wildman–Crippen MR) is 113 cm³/mol. The van der Waals surface area contributed by atoms with E-state index in [1.54, 1.807) is 17.0 Å². The molecule has 1 amide bonds. The van der Waals surface area contributed by atoms with E-state index < -0.39 is 0 Å². The van der Waals surface area contributed by atoms with Gasteiger partial charge in [0, 0.05) is 36.0 Å². The number of halogens is 2. The lowest BCUT2D eigenvalue weighted by Crippen LogP contribution is -2.23. The number of anilines is 2. The quantitative estimate of drug-likeness (QED) is 0.526. The molecule has 1 heterocycles. The Morgan fingerprint density at radius 3 is 2.64 bits per heavy atom. The number of aromatic nitrogens is 1. The van der Waals surface area contributed by atoms with Crippen LogP contribution in [0.25, 0.3) is 0 Å². The highest BCUT2D eigenvalue weighted by Gasteiger charge is 2.19. The van der Waals surface area contributed by atoms with Crippen molar-refractivity contribution in [3.05, 3.63) is 75.5 Å². The summed E-state index contributed by atoms with van der Waals surface area (Å²) in [5.74, 6) is -0.418. The van der Waals surface area contributed by atoms with Crippen LogP contribution in [-0.4, -0.2) is 22.8 Å². The fourth-order valence-corrected chi connectivity index (χ4v) is 4.05. The van der Waals surface area contributed by atoms with Gasteiger partial charge in [-0.2, -0.15) is 0 Å². The second-order valence-corrected chi connectivity index (χ2v) is 7.93. The molecule has 0 bridgehead atoms. The highest BCUT2D eigenvalue weighted by molar-refractivity contribution is 7.14. The Morgan fingerprint density at radius 2 is 1.96 bits per heavy atom. The highest BCUT2D eigenvalue weighted by atomic mass is 35.5. The number of benzene rings is 2. The average Bonchev–Trinajstić information content (AvgIpc) is 3.06. The van der Waals surface area contributed by atoms with Crippen molar-refractivity contribution in [1.29, 1.82) is 0 Å². The fraction of sp³-hybridized carbons (Fsp3) is 0.238. The van der Waals surface area contributed by atoms with Gasteiger partial charge in [0.2, 0.25) is 5.91 Å². The molecule has 0 unspecified atom stereocenters. The molecular weight excluding hydrogens is 397 g/mol. The highest BCUT2D eigenvalue weighted by Crippen LogP contribution is 2.30. The minimum absolute atomic E-state index is 0.0991. The van der Waals surface area contributed by atoms with Gasteiger partial charge >= 0.3 is 0 Å². The Kier molecular flexibility index (Phi) is 6.44. The van der Waals surface area contributed by atoms with Gasteiger partial charge in [0.15, 0.2) is 5.13 Å². The van der Waals surface area contributed by atoms with Crippen molar-refractivity contribution in [2.45, 2.75) is 26.9 Å². The average molecular weight is 418 g/mol. The lowest BCUT2D eigenvalue weighted by Gasteiger charge is -2.19. The standard InChI is InChI=1S/C21H21ClFN3OS/c1-14-6-4-7-17(10-14)26(15(2)27)21-24-16(13-28-21)11-25(3)12-18-19(22)8-5-9-20(18)23/h4-10,13H,11-12H2,1-3H3. The molecule has 3 aromatic rings. The second-order valence-electron chi connectivity index (χ2n) is 6.69. The van der Waals surface area contributed by atoms with Crippen LogP contribution >= 0.6 is 22.9 Å². The zero-order chi connectivity index (χ0) is 20.3. The van der Waals surface area contributed by atoms with E-state index in [4.69, 9.17) is 11.6 Å². The summed E-state index contributed by atoms with van der Waals surface area (Å²) >= 11 is 7.52. The van der Waals surface area contributed by atoms with E-state index in [9.17, 15) is 9.18 Å². The first-order valence-corrected chi connectivity index (χ1v) is 10.0. The van der Waals surface area contributed by atoms with E-state index in [0.717, 1.165) is 16.9 Å². The topological polar surface area (TPSA) is 36.4 Å². The summed E-state index contributed by atoms with van der Waals surface area (Å²) in [5, 5.41) is 2.94. The molecule has 1 aromatic heterocycles. The maximum atomic E-state index is 14.0. The van der Waals surface area contributed by atoms with Crippen molar-refractivity contribution >= 4 is 39.7 Å². The summed E-state index contributed by atoms with van der Waals surface area (Å²) in [5.41, 5.74) is 3.14. The van der Waals surface area contributed by atoms with Crippen molar-refractivity contribution in [3.63, 3.8) is 0 Å². The molecule has 0 aliphatic rings. The van der Waals surface area contributed by atoms with E-state index in [1.807, 2.05) is 48.5 Å². The normalized spacial score (nSPS) is 11.1.